The van der Waals surface area contributed by atoms with E-state index >= 15 is 0 Å². The van der Waals surface area contributed by atoms with Crippen LogP contribution in [0.2, 0.25) is 0 Å². The molecule has 20 heavy (non-hydrogen) atoms. The average Bonchev–Trinajstić information content (AvgIpc) is 3.11. The van der Waals surface area contributed by atoms with Gasteiger partial charge < -0.3 is 0 Å². The molecule has 2 amide bonds. The summed E-state index contributed by atoms with van der Waals surface area (Å²) in [6, 6.07) is 6.01. The van der Waals surface area contributed by atoms with Crippen molar-refractivity contribution in [3.63, 3.8) is 0 Å². The highest BCUT2D eigenvalue weighted by Gasteiger charge is 2.60. The number of carbonyl (C=O) groups excluding carboxylic acids is 2. The number of halogens is 1. The molecule has 0 aromatic heterocycles. The van der Waals surface area contributed by atoms with Gasteiger partial charge in [0, 0.05) is 0 Å². The van der Waals surface area contributed by atoms with Gasteiger partial charge in [0.25, 0.3) is 0 Å². The molecule has 1 aliphatic heterocycles. The van der Waals surface area contributed by atoms with Crippen LogP contribution in [-0.4, -0.2) is 16.7 Å². The molecular weight excluding hydrogens is 257 g/mol. The van der Waals surface area contributed by atoms with Crippen LogP contribution in [0.5, 0.6) is 0 Å². The number of amides is 2. The summed E-state index contributed by atoms with van der Waals surface area (Å²) in [6.07, 6.45) is 3.24. The zero-order valence-corrected chi connectivity index (χ0v) is 11.1. The molecule has 104 valence electrons. The summed E-state index contributed by atoms with van der Waals surface area (Å²) in [7, 11) is 0. The van der Waals surface area contributed by atoms with Gasteiger partial charge in [-0.15, -0.1) is 0 Å². The summed E-state index contributed by atoms with van der Waals surface area (Å²) in [5.74, 6) is 0.388. The predicted octanol–water partition coefficient (Wildman–Crippen LogP) is 2.36. The van der Waals surface area contributed by atoms with Gasteiger partial charge in [-0.05, 0) is 48.8 Å². The third-order valence-electron chi connectivity index (χ3n) is 5.27. The van der Waals surface area contributed by atoms with E-state index in [2.05, 4.69) is 0 Å². The van der Waals surface area contributed by atoms with E-state index in [0.717, 1.165) is 24.8 Å². The second-order valence-corrected chi connectivity index (χ2v) is 6.27. The fourth-order valence-electron chi connectivity index (χ4n) is 4.40. The van der Waals surface area contributed by atoms with Crippen molar-refractivity contribution in [1.29, 1.82) is 0 Å². The first kappa shape index (κ1) is 12.1. The van der Waals surface area contributed by atoms with Crippen LogP contribution in [0, 0.1) is 29.5 Å². The largest absolute Gasteiger partial charge is 0.278 e. The van der Waals surface area contributed by atoms with Crippen molar-refractivity contribution < 1.29 is 14.0 Å². The van der Waals surface area contributed by atoms with Crippen LogP contribution in [0.4, 0.5) is 4.39 Å². The molecule has 4 heteroatoms. The minimum atomic E-state index is -0.303. The van der Waals surface area contributed by atoms with E-state index in [4.69, 9.17) is 0 Å². The van der Waals surface area contributed by atoms with E-state index in [1.165, 1.54) is 17.0 Å². The summed E-state index contributed by atoms with van der Waals surface area (Å²) < 4.78 is 12.9. The Kier molecular flexibility index (Phi) is 2.50. The predicted molar refractivity (Wildman–Crippen MR) is 69.8 cm³/mol. The molecule has 2 aliphatic carbocycles. The lowest BCUT2D eigenvalue weighted by molar-refractivity contribution is -0.141. The Morgan fingerprint density at radius 1 is 1.00 bits per heavy atom. The third kappa shape index (κ3) is 1.57. The Labute approximate surface area is 116 Å². The summed E-state index contributed by atoms with van der Waals surface area (Å²) in [4.78, 5) is 26.4. The monoisotopic (exact) mass is 273 g/mol. The standard InChI is InChI=1S/C16H16FNO2/c17-12-5-1-9(2-6-12)8-18-15(19)13-10-3-4-11(7-10)14(13)16(18)20/h1-2,5-6,10-11,13-14H,3-4,7-8H2. The minimum absolute atomic E-state index is 0.00322. The Morgan fingerprint density at radius 2 is 1.55 bits per heavy atom. The molecule has 3 aliphatic rings. The molecule has 1 saturated heterocycles. The molecule has 4 atom stereocenters. The first-order chi connectivity index (χ1) is 9.65. The lowest BCUT2D eigenvalue weighted by Crippen LogP contribution is -2.32. The Hall–Kier alpha value is -1.71. The highest BCUT2D eigenvalue weighted by molar-refractivity contribution is 6.06. The molecule has 0 spiro atoms. The van der Waals surface area contributed by atoms with Crippen LogP contribution in [0.1, 0.15) is 24.8 Å². The van der Waals surface area contributed by atoms with Gasteiger partial charge in [0.15, 0.2) is 0 Å². The van der Waals surface area contributed by atoms with Gasteiger partial charge in [0.2, 0.25) is 11.8 Å². The third-order valence-corrected chi connectivity index (χ3v) is 5.27. The molecule has 1 aromatic carbocycles. The number of imide groups is 1. The van der Waals surface area contributed by atoms with E-state index in [0.29, 0.717) is 11.8 Å². The Morgan fingerprint density at radius 3 is 2.10 bits per heavy atom. The molecule has 0 radical (unpaired) electrons. The number of carbonyl (C=O) groups is 2. The van der Waals surface area contributed by atoms with Crippen LogP contribution < -0.4 is 0 Å². The van der Waals surface area contributed by atoms with Crippen molar-refractivity contribution in [3.05, 3.63) is 35.6 Å². The smallest absolute Gasteiger partial charge is 0.233 e. The van der Waals surface area contributed by atoms with E-state index < -0.39 is 0 Å². The molecule has 1 aromatic rings. The van der Waals surface area contributed by atoms with Gasteiger partial charge in [-0.3, -0.25) is 14.5 Å². The van der Waals surface area contributed by atoms with E-state index in [-0.39, 0.29) is 36.0 Å². The highest BCUT2D eigenvalue weighted by atomic mass is 19.1. The summed E-state index contributed by atoms with van der Waals surface area (Å²) >= 11 is 0. The summed E-state index contributed by atoms with van der Waals surface area (Å²) in [5, 5.41) is 0. The van der Waals surface area contributed by atoms with Crippen LogP contribution in [-0.2, 0) is 16.1 Å². The van der Waals surface area contributed by atoms with Gasteiger partial charge in [0.1, 0.15) is 5.82 Å². The Bertz CT molecular complexity index is 555. The minimum Gasteiger partial charge on any atom is -0.278 e. The van der Waals surface area contributed by atoms with Crippen LogP contribution >= 0.6 is 0 Å². The Balaban J connectivity index is 1.59. The van der Waals surface area contributed by atoms with Crippen molar-refractivity contribution in [2.45, 2.75) is 25.8 Å². The second-order valence-electron chi connectivity index (χ2n) is 6.27. The lowest BCUT2D eigenvalue weighted by Gasteiger charge is -2.19. The molecule has 1 heterocycles. The number of benzene rings is 1. The molecule has 4 rings (SSSR count). The van der Waals surface area contributed by atoms with E-state index in [9.17, 15) is 14.0 Å². The van der Waals surface area contributed by atoms with Crippen molar-refractivity contribution in [2.24, 2.45) is 23.7 Å². The van der Waals surface area contributed by atoms with Gasteiger partial charge in [0.05, 0.1) is 18.4 Å². The topological polar surface area (TPSA) is 37.4 Å². The fourth-order valence-corrected chi connectivity index (χ4v) is 4.40. The zero-order chi connectivity index (χ0) is 13.9. The molecule has 3 fully saturated rings. The summed E-state index contributed by atoms with van der Waals surface area (Å²) in [5.41, 5.74) is 0.806. The normalized spacial score (nSPS) is 35.0. The molecule has 4 unspecified atom stereocenters. The lowest BCUT2D eigenvalue weighted by atomic mass is 9.81. The maximum atomic E-state index is 12.9. The second kappa shape index (κ2) is 4.14. The van der Waals surface area contributed by atoms with Gasteiger partial charge >= 0.3 is 0 Å². The molecule has 2 bridgehead atoms. The van der Waals surface area contributed by atoms with Crippen LogP contribution in [0.25, 0.3) is 0 Å². The zero-order valence-electron chi connectivity index (χ0n) is 11.1. The highest BCUT2D eigenvalue weighted by Crippen LogP contribution is 2.56. The number of nitrogens with zero attached hydrogens (tertiary/aromatic N) is 1. The maximum Gasteiger partial charge on any atom is 0.233 e. The number of fused-ring (bicyclic) bond motifs is 5. The van der Waals surface area contributed by atoms with Crippen molar-refractivity contribution in [3.8, 4) is 0 Å². The SMILES string of the molecule is O=C1C2C3CCC(C3)C2C(=O)N1Cc1ccc(F)cc1. The van der Waals surface area contributed by atoms with Crippen molar-refractivity contribution >= 4 is 11.8 Å². The summed E-state index contributed by atoms with van der Waals surface area (Å²) in [6.45, 7) is 0.282. The average molecular weight is 273 g/mol. The molecular formula is C16H16FNO2. The quantitative estimate of drug-likeness (QED) is 0.776. The van der Waals surface area contributed by atoms with E-state index in [1.807, 2.05) is 0 Å². The molecule has 3 nitrogen and oxygen atoms in total. The number of rotatable bonds is 2. The molecule has 2 saturated carbocycles. The van der Waals surface area contributed by atoms with Crippen LogP contribution in [0.15, 0.2) is 24.3 Å². The maximum absolute atomic E-state index is 12.9. The van der Waals surface area contributed by atoms with Crippen LogP contribution in [0.3, 0.4) is 0 Å². The molecule has 0 N–H and O–H groups in total. The number of hydrogen-bond acceptors (Lipinski definition) is 2. The number of hydrogen-bond donors (Lipinski definition) is 0. The van der Waals surface area contributed by atoms with Crippen molar-refractivity contribution in [2.75, 3.05) is 0 Å². The van der Waals surface area contributed by atoms with Gasteiger partial charge in [-0.1, -0.05) is 12.1 Å². The van der Waals surface area contributed by atoms with Gasteiger partial charge in [-0.25, -0.2) is 4.39 Å². The number of likely N-dealkylation sites (tertiary alicyclic amines) is 1. The van der Waals surface area contributed by atoms with Gasteiger partial charge in [-0.2, -0.15) is 0 Å². The first-order valence-corrected chi connectivity index (χ1v) is 7.25. The van der Waals surface area contributed by atoms with E-state index in [1.54, 1.807) is 12.1 Å². The first-order valence-electron chi connectivity index (χ1n) is 7.25. The fraction of sp³-hybridized carbons (Fsp3) is 0.500. The van der Waals surface area contributed by atoms with Crippen molar-refractivity contribution in [1.82, 2.24) is 4.90 Å².